The third-order valence-electron chi connectivity index (χ3n) is 8.01. The maximum absolute atomic E-state index is 14.2. The van der Waals surface area contributed by atoms with Gasteiger partial charge in [-0.25, -0.2) is 17.2 Å². The first-order chi connectivity index (χ1) is 15.7. The Hall–Kier alpha value is -1.26. The Balaban J connectivity index is 1.20. The van der Waals surface area contributed by atoms with Crippen LogP contribution >= 0.6 is 11.8 Å². The number of carbonyl (C=O) groups is 1. The minimum absolute atomic E-state index is 0.0360. The van der Waals surface area contributed by atoms with Gasteiger partial charge in [-0.1, -0.05) is 18.2 Å². The van der Waals surface area contributed by atoms with Gasteiger partial charge in [-0.2, -0.15) is 4.31 Å². The number of thioether (sulfide) groups is 1. The molecule has 2 bridgehead atoms. The lowest BCUT2D eigenvalue weighted by molar-refractivity contribution is -0.121. The lowest BCUT2D eigenvalue weighted by Crippen LogP contribution is -2.42. The molecular weight excluding hydrogens is 468 g/mol. The van der Waals surface area contributed by atoms with Crippen molar-refractivity contribution in [1.82, 2.24) is 9.62 Å². The van der Waals surface area contributed by atoms with Crippen LogP contribution < -0.4 is 5.32 Å². The second-order valence-corrected chi connectivity index (χ2v) is 13.7. The fraction of sp³-hybridized carbons (Fsp3) is 0.739. The highest BCUT2D eigenvalue weighted by Crippen LogP contribution is 2.47. The van der Waals surface area contributed by atoms with Crippen LogP contribution in [-0.2, 0) is 14.8 Å². The number of nitrogens with zero attached hydrogens (tertiary/aromatic N) is 2. The summed E-state index contributed by atoms with van der Waals surface area (Å²) in [6.07, 6.45) is 7.89. The molecule has 0 aromatic carbocycles. The van der Waals surface area contributed by atoms with Gasteiger partial charge < -0.3 is 5.32 Å². The zero-order chi connectivity index (χ0) is 23.4. The number of rotatable bonds is 5. The fourth-order valence-corrected chi connectivity index (χ4v) is 9.07. The molecule has 0 aromatic rings. The van der Waals surface area contributed by atoms with Crippen LogP contribution in [-0.4, -0.2) is 47.7 Å². The van der Waals surface area contributed by atoms with E-state index in [1.54, 1.807) is 0 Å². The van der Waals surface area contributed by atoms with Crippen molar-refractivity contribution in [3.05, 3.63) is 22.6 Å². The highest BCUT2D eigenvalue weighted by molar-refractivity contribution is 8.16. The van der Waals surface area contributed by atoms with Crippen LogP contribution in [0.25, 0.3) is 0 Å². The zero-order valence-electron chi connectivity index (χ0n) is 18.9. The van der Waals surface area contributed by atoms with E-state index in [-0.39, 0.29) is 37.8 Å². The predicted octanol–water partition coefficient (Wildman–Crippen LogP) is 4.41. The molecule has 2 heterocycles. The van der Waals surface area contributed by atoms with Gasteiger partial charge in [-0.05, 0) is 75.7 Å². The molecule has 2 saturated carbocycles. The summed E-state index contributed by atoms with van der Waals surface area (Å²) in [5.41, 5.74) is 0. The van der Waals surface area contributed by atoms with Gasteiger partial charge in [0.05, 0.1) is 10.8 Å². The summed E-state index contributed by atoms with van der Waals surface area (Å²) in [7, 11) is -4.20. The standard InChI is InChI=1S/C23H31F2N3O3S2/c1-23(21(29)27-22(32-23)26-19-12-15-5-6-16(19)11-15)13-14-7-9-28(10-8-14)33(30,31)20-17(24)3-2-4-18(20)25/h3,14-16,19H,2,4-13H2,1H3,(H,26,27,29)/t15-,16+,19+,23?/m1/s1. The average molecular weight is 500 g/mol. The number of sulfonamides is 1. The summed E-state index contributed by atoms with van der Waals surface area (Å²) in [5.74, 6) is -0.318. The Morgan fingerprint density at radius 2 is 1.97 bits per heavy atom. The van der Waals surface area contributed by atoms with Crippen LogP contribution in [0.5, 0.6) is 0 Å². The highest BCUT2D eigenvalue weighted by Gasteiger charge is 2.46. The summed E-state index contributed by atoms with van der Waals surface area (Å²) in [5, 5.41) is 3.70. The van der Waals surface area contributed by atoms with E-state index in [4.69, 9.17) is 4.99 Å². The minimum atomic E-state index is -4.20. The van der Waals surface area contributed by atoms with Crippen LogP contribution in [0.15, 0.2) is 27.6 Å². The molecule has 1 amide bonds. The molecule has 33 heavy (non-hydrogen) atoms. The van der Waals surface area contributed by atoms with Gasteiger partial charge in [-0.3, -0.25) is 9.79 Å². The second-order valence-electron chi connectivity index (χ2n) is 10.3. The molecule has 1 unspecified atom stereocenters. The summed E-state index contributed by atoms with van der Waals surface area (Å²) in [6, 6.07) is 0.325. The van der Waals surface area contributed by atoms with Crippen molar-refractivity contribution >= 4 is 32.9 Å². The van der Waals surface area contributed by atoms with Gasteiger partial charge in [0.15, 0.2) is 5.17 Å². The molecule has 6 nitrogen and oxygen atoms in total. The molecule has 1 N–H and O–H groups in total. The molecule has 2 saturated heterocycles. The highest BCUT2D eigenvalue weighted by atomic mass is 32.2. The van der Waals surface area contributed by atoms with Crippen molar-refractivity contribution < 1.29 is 22.0 Å². The monoisotopic (exact) mass is 499 g/mol. The Labute approximate surface area is 198 Å². The topological polar surface area (TPSA) is 78.8 Å². The molecule has 2 aliphatic heterocycles. The summed E-state index contributed by atoms with van der Waals surface area (Å²) in [4.78, 5) is 16.9. The summed E-state index contributed by atoms with van der Waals surface area (Å²) >= 11 is 1.50. The molecule has 10 heteroatoms. The predicted molar refractivity (Wildman–Crippen MR) is 125 cm³/mol. The number of fused-ring (bicyclic) bond motifs is 2. The van der Waals surface area contributed by atoms with Crippen LogP contribution in [0.3, 0.4) is 0 Å². The SMILES string of the molecule is CC1(CC2CCN(S(=O)(=O)C3=C(F)CCC=C3F)CC2)SC(=N[C@H]2C[C@@H]3CC[C@H]2C3)NC1=O. The van der Waals surface area contributed by atoms with Crippen molar-refractivity contribution in [3.8, 4) is 0 Å². The van der Waals surface area contributed by atoms with E-state index in [0.717, 1.165) is 23.6 Å². The number of amides is 1. The number of carbonyl (C=O) groups excluding carboxylic acids is 1. The van der Waals surface area contributed by atoms with E-state index in [2.05, 4.69) is 5.32 Å². The molecule has 3 aliphatic carbocycles. The summed E-state index contributed by atoms with van der Waals surface area (Å²) in [6.45, 7) is 2.33. The molecule has 182 valence electrons. The third-order valence-corrected chi connectivity index (χ3v) is 11.2. The molecule has 4 atom stereocenters. The molecule has 5 rings (SSSR count). The van der Waals surface area contributed by atoms with Gasteiger partial charge in [0, 0.05) is 19.5 Å². The van der Waals surface area contributed by atoms with Gasteiger partial charge in [-0.15, -0.1) is 0 Å². The van der Waals surface area contributed by atoms with Gasteiger partial charge in [0.25, 0.3) is 0 Å². The number of amidine groups is 1. The first-order valence-corrected chi connectivity index (χ1v) is 14.2. The number of hydrogen-bond acceptors (Lipinski definition) is 5. The van der Waals surface area contributed by atoms with E-state index in [1.807, 2.05) is 6.92 Å². The van der Waals surface area contributed by atoms with Crippen molar-refractivity contribution in [3.63, 3.8) is 0 Å². The van der Waals surface area contributed by atoms with Crippen molar-refractivity contribution in [1.29, 1.82) is 0 Å². The van der Waals surface area contributed by atoms with Gasteiger partial charge >= 0.3 is 0 Å². The fourth-order valence-electron chi connectivity index (χ4n) is 6.19. The van der Waals surface area contributed by atoms with Crippen LogP contribution in [0.1, 0.15) is 64.7 Å². The van der Waals surface area contributed by atoms with E-state index in [9.17, 15) is 22.0 Å². The van der Waals surface area contributed by atoms with Gasteiger partial charge in [0.1, 0.15) is 16.6 Å². The largest absolute Gasteiger partial charge is 0.304 e. The molecule has 0 aromatic heterocycles. The molecular formula is C23H31F2N3O3S2. The van der Waals surface area contributed by atoms with Gasteiger partial charge in [0.2, 0.25) is 15.9 Å². The zero-order valence-corrected chi connectivity index (χ0v) is 20.5. The van der Waals surface area contributed by atoms with Crippen molar-refractivity contribution in [2.75, 3.05) is 13.1 Å². The number of piperidine rings is 1. The molecule has 5 aliphatic rings. The second kappa shape index (κ2) is 8.75. The Bertz CT molecular complexity index is 1030. The minimum Gasteiger partial charge on any atom is -0.304 e. The number of aliphatic imine (C=N–C) groups is 1. The first kappa shape index (κ1) is 23.5. The Kier molecular flexibility index (Phi) is 6.23. The normalized spacial score (nSPS) is 37.2. The maximum atomic E-state index is 14.2. The average Bonchev–Trinajstić information content (AvgIpc) is 3.43. The Morgan fingerprint density at radius 3 is 2.61 bits per heavy atom. The molecule has 0 radical (unpaired) electrons. The lowest BCUT2D eigenvalue weighted by atomic mass is 9.87. The van der Waals surface area contributed by atoms with E-state index >= 15 is 0 Å². The Morgan fingerprint density at radius 1 is 1.21 bits per heavy atom. The smallest absolute Gasteiger partial charge is 0.248 e. The van der Waals surface area contributed by atoms with E-state index in [0.29, 0.717) is 31.2 Å². The van der Waals surface area contributed by atoms with E-state index in [1.165, 1.54) is 35.3 Å². The number of allylic oxidation sites excluding steroid dienone is 3. The first-order valence-electron chi connectivity index (χ1n) is 12.0. The van der Waals surface area contributed by atoms with Crippen LogP contribution in [0.2, 0.25) is 0 Å². The quantitative estimate of drug-likeness (QED) is 0.608. The number of halogens is 2. The maximum Gasteiger partial charge on any atom is 0.248 e. The van der Waals surface area contributed by atoms with Crippen LogP contribution in [0, 0.1) is 17.8 Å². The lowest BCUT2D eigenvalue weighted by Gasteiger charge is -2.34. The number of hydrogen-bond donors (Lipinski definition) is 1. The number of nitrogens with one attached hydrogen (secondary N) is 1. The van der Waals surface area contributed by atoms with Crippen molar-refractivity contribution in [2.45, 2.75) is 75.5 Å². The van der Waals surface area contributed by atoms with Crippen molar-refractivity contribution in [2.24, 2.45) is 22.7 Å². The van der Waals surface area contributed by atoms with Crippen LogP contribution in [0.4, 0.5) is 8.78 Å². The molecule has 4 fully saturated rings. The molecule has 0 spiro atoms. The van der Waals surface area contributed by atoms with E-state index < -0.39 is 31.3 Å². The third kappa shape index (κ3) is 4.43. The summed E-state index contributed by atoms with van der Waals surface area (Å²) < 4.78 is 54.5.